The van der Waals surface area contributed by atoms with Crippen molar-refractivity contribution in [3.8, 4) is 0 Å². The highest BCUT2D eigenvalue weighted by Gasteiger charge is 2.11. The Morgan fingerprint density at radius 1 is 1.25 bits per heavy atom. The molecule has 0 aliphatic rings. The minimum atomic E-state index is 0.635. The van der Waals surface area contributed by atoms with E-state index in [0.717, 1.165) is 35.9 Å². The summed E-state index contributed by atoms with van der Waals surface area (Å²) in [6, 6.07) is 12.0. The molecule has 3 nitrogen and oxygen atoms in total. The van der Waals surface area contributed by atoms with E-state index in [1.54, 1.807) is 0 Å². The Balaban J connectivity index is 2.28. The molecule has 20 heavy (non-hydrogen) atoms. The van der Waals surface area contributed by atoms with Gasteiger partial charge in [-0.1, -0.05) is 23.7 Å². The van der Waals surface area contributed by atoms with Crippen molar-refractivity contribution in [1.82, 2.24) is 4.98 Å². The van der Waals surface area contributed by atoms with E-state index in [2.05, 4.69) is 22.9 Å². The van der Waals surface area contributed by atoms with Crippen molar-refractivity contribution in [2.45, 2.75) is 19.9 Å². The molecule has 0 unspecified atom stereocenters. The molecule has 1 aromatic heterocycles. The van der Waals surface area contributed by atoms with Crippen LogP contribution in [0.5, 0.6) is 0 Å². The van der Waals surface area contributed by atoms with Crippen molar-refractivity contribution in [2.24, 2.45) is 5.73 Å². The molecule has 0 aliphatic carbocycles. The lowest BCUT2D eigenvalue weighted by Gasteiger charge is -2.25. The number of benzene rings is 1. The van der Waals surface area contributed by atoms with Crippen LogP contribution in [-0.2, 0) is 13.0 Å². The van der Waals surface area contributed by atoms with Gasteiger partial charge in [0.2, 0.25) is 0 Å². The monoisotopic (exact) mass is 289 g/mol. The number of nitrogens with two attached hydrogens (primary N) is 1. The molecule has 0 spiro atoms. The molecule has 0 saturated heterocycles. The zero-order chi connectivity index (χ0) is 14.4. The van der Waals surface area contributed by atoms with Crippen molar-refractivity contribution >= 4 is 17.3 Å². The Morgan fingerprint density at radius 3 is 2.75 bits per heavy atom. The second kappa shape index (κ2) is 7.27. The van der Waals surface area contributed by atoms with E-state index in [9.17, 15) is 0 Å². The highest BCUT2D eigenvalue weighted by molar-refractivity contribution is 6.30. The minimum absolute atomic E-state index is 0.635. The first kappa shape index (κ1) is 14.8. The predicted molar refractivity (Wildman–Crippen MR) is 85.2 cm³/mol. The summed E-state index contributed by atoms with van der Waals surface area (Å²) < 4.78 is 0. The van der Waals surface area contributed by atoms with Gasteiger partial charge in [-0.25, -0.2) is 0 Å². The van der Waals surface area contributed by atoms with Gasteiger partial charge in [-0.15, -0.1) is 0 Å². The third-order valence-electron chi connectivity index (χ3n) is 3.26. The smallest absolute Gasteiger partial charge is 0.0602 e. The first-order chi connectivity index (χ1) is 9.74. The van der Waals surface area contributed by atoms with Crippen LogP contribution >= 0.6 is 11.6 Å². The second-order valence-corrected chi connectivity index (χ2v) is 5.08. The van der Waals surface area contributed by atoms with Gasteiger partial charge in [0.1, 0.15) is 0 Å². The number of hydrogen-bond donors (Lipinski definition) is 1. The molecule has 4 heteroatoms. The summed E-state index contributed by atoms with van der Waals surface area (Å²) in [7, 11) is 0. The van der Waals surface area contributed by atoms with Crippen LogP contribution in [0.25, 0.3) is 0 Å². The fourth-order valence-electron chi connectivity index (χ4n) is 2.25. The van der Waals surface area contributed by atoms with Crippen LogP contribution in [0.4, 0.5) is 5.69 Å². The maximum Gasteiger partial charge on any atom is 0.0602 e. The van der Waals surface area contributed by atoms with Crippen molar-refractivity contribution < 1.29 is 0 Å². The number of halogens is 1. The molecule has 0 fully saturated rings. The van der Waals surface area contributed by atoms with E-state index in [0.29, 0.717) is 6.54 Å². The van der Waals surface area contributed by atoms with Gasteiger partial charge in [-0.3, -0.25) is 4.98 Å². The standard InChI is InChI=1S/C16H20ClN3/c1-2-20(12-15-5-3-4-10-19-15)16-11-14(17)7-6-13(16)8-9-18/h3-7,10-11H,2,8-9,12,18H2,1H3. The van der Waals surface area contributed by atoms with Crippen LogP contribution in [0, 0.1) is 0 Å². The summed E-state index contributed by atoms with van der Waals surface area (Å²) in [4.78, 5) is 6.67. The summed E-state index contributed by atoms with van der Waals surface area (Å²) in [5.74, 6) is 0. The van der Waals surface area contributed by atoms with E-state index >= 15 is 0 Å². The van der Waals surface area contributed by atoms with Crippen LogP contribution in [0.15, 0.2) is 42.6 Å². The second-order valence-electron chi connectivity index (χ2n) is 4.65. The molecular formula is C16H20ClN3. The Kier molecular flexibility index (Phi) is 5.39. The summed E-state index contributed by atoms with van der Waals surface area (Å²) in [6.45, 7) is 4.44. The third kappa shape index (κ3) is 3.71. The average Bonchev–Trinajstić information content (AvgIpc) is 2.48. The van der Waals surface area contributed by atoms with E-state index in [1.807, 2.05) is 36.5 Å². The lowest BCUT2D eigenvalue weighted by atomic mass is 10.1. The van der Waals surface area contributed by atoms with Gasteiger partial charge in [0, 0.05) is 23.5 Å². The topological polar surface area (TPSA) is 42.2 Å². The lowest BCUT2D eigenvalue weighted by Crippen LogP contribution is -2.24. The molecule has 2 rings (SSSR count). The maximum absolute atomic E-state index is 6.15. The van der Waals surface area contributed by atoms with Crippen LogP contribution in [0.1, 0.15) is 18.2 Å². The van der Waals surface area contributed by atoms with Gasteiger partial charge in [0.25, 0.3) is 0 Å². The Labute approximate surface area is 125 Å². The molecule has 0 amide bonds. The van der Waals surface area contributed by atoms with Crippen molar-refractivity contribution in [3.05, 3.63) is 58.9 Å². The van der Waals surface area contributed by atoms with Gasteiger partial charge in [0.15, 0.2) is 0 Å². The summed E-state index contributed by atoms with van der Waals surface area (Å²) in [5.41, 5.74) is 9.13. The zero-order valence-corrected chi connectivity index (χ0v) is 12.5. The van der Waals surface area contributed by atoms with E-state index in [1.165, 1.54) is 5.56 Å². The molecular weight excluding hydrogens is 270 g/mol. The molecule has 0 atom stereocenters. The number of hydrogen-bond acceptors (Lipinski definition) is 3. The lowest BCUT2D eigenvalue weighted by molar-refractivity contribution is 0.799. The van der Waals surface area contributed by atoms with Gasteiger partial charge in [0.05, 0.1) is 12.2 Å². The molecule has 1 heterocycles. The quantitative estimate of drug-likeness (QED) is 0.887. The van der Waals surface area contributed by atoms with Crippen molar-refractivity contribution in [2.75, 3.05) is 18.0 Å². The SMILES string of the molecule is CCN(Cc1ccccn1)c1cc(Cl)ccc1CCN. The normalized spacial score (nSPS) is 10.6. The number of pyridine rings is 1. The maximum atomic E-state index is 6.15. The number of aromatic nitrogens is 1. The Morgan fingerprint density at radius 2 is 2.10 bits per heavy atom. The first-order valence-corrected chi connectivity index (χ1v) is 7.25. The largest absolute Gasteiger partial charge is 0.366 e. The van der Waals surface area contributed by atoms with Gasteiger partial charge in [-0.05, 0) is 49.7 Å². The van der Waals surface area contributed by atoms with E-state index in [4.69, 9.17) is 17.3 Å². The van der Waals surface area contributed by atoms with Crippen molar-refractivity contribution in [3.63, 3.8) is 0 Å². The summed E-state index contributed by atoms with van der Waals surface area (Å²) in [5, 5.41) is 0.750. The molecule has 2 aromatic rings. The Hall–Kier alpha value is -1.58. The fourth-order valence-corrected chi connectivity index (χ4v) is 2.42. The highest BCUT2D eigenvalue weighted by Crippen LogP contribution is 2.26. The third-order valence-corrected chi connectivity index (χ3v) is 3.50. The van der Waals surface area contributed by atoms with Crippen LogP contribution in [-0.4, -0.2) is 18.1 Å². The molecule has 0 bridgehead atoms. The van der Waals surface area contributed by atoms with Crippen LogP contribution in [0.3, 0.4) is 0 Å². The van der Waals surface area contributed by atoms with Crippen molar-refractivity contribution in [1.29, 1.82) is 0 Å². The van der Waals surface area contributed by atoms with Gasteiger partial charge in [-0.2, -0.15) is 0 Å². The molecule has 0 aliphatic heterocycles. The molecule has 1 aromatic carbocycles. The number of anilines is 1. The van der Waals surface area contributed by atoms with Gasteiger partial charge >= 0.3 is 0 Å². The summed E-state index contributed by atoms with van der Waals surface area (Å²) in [6.07, 6.45) is 2.67. The molecule has 0 saturated carbocycles. The van der Waals surface area contributed by atoms with E-state index < -0.39 is 0 Å². The summed E-state index contributed by atoms with van der Waals surface area (Å²) >= 11 is 6.15. The first-order valence-electron chi connectivity index (χ1n) is 6.88. The molecule has 106 valence electrons. The average molecular weight is 290 g/mol. The fraction of sp³-hybridized carbons (Fsp3) is 0.312. The number of rotatable bonds is 6. The molecule has 0 radical (unpaired) electrons. The molecule has 2 N–H and O–H groups in total. The van der Waals surface area contributed by atoms with Gasteiger partial charge < -0.3 is 10.6 Å². The predicted octanol–water partition coefficient (Wildman–Crippen LogP) is 3.26. The van der Waals surface area contributed by atoms with E-state index in [-0.39, 0.29) is 0 Å². The highest BCUT2D eigenvalue weighted by atomic mass is 35.5. The number of nitrogens with zero attached hydrogens (tertiary/aromatic N) is 2. The Bertz CT molecular complexity index is 543. The van der Waals surface area contributed by atoms with Crippen LogP contribution in [0.2, 0.25) is 5.02 Å². The minimum Gasteiger partial charge on any atom is -0.366 e. The zero-order valence-electron chi connectivity index (χ0n) is 11.7. The van der Waals surface area contributed by atoms with Crippen LogP contribution < -0.4 is 10.6 Å².